The minimum Gasteiger partial charge on any atom is -0.378 e. The van der Waals surface area contributed by atoms with Crippen molar-refractivity contribution in [3.8, 4) is 0 Å². The molecule has 3 nitrogen and oxygen atoms in total. The Labute approximate surface area is 125 Å². The smallest absolute Gasteiger partial charge is 0.223 e. The molecule has 0 saturated heterocycles. The van der Waals surface area contributed by atoms with Crippen LogP contribution in [0.25, 0.3) is 0 Å². The van der Waals surface area contributed by atoms with Crippen molar-refractivity contribution in [2.24, 2.45) is 5.92 Å². The van der Waals surface area contributed by atoms with E-state index in [1.165, 1.54) is 19.3 Å². The SMILES string of the molecule is CCOC1CC(CC(=O)N(CCCBr)C2CCC2)C1. The van der Waals surface area contributed by atoms with Crippen LogP contribution in [0, 0.1) is 5.92 Å². The zero-order valence-electron chi connectivity index (χ0n) is 11.9. The van der Waals surface area contributed by atoms with Crippen molar-refractivity contribution in [2.75, 3.05) is 18.5 Å². The van der Waals surface area contributed by atoms with E-state index in [0.717, 1.165) is 44.2 Å². The third-order valence-electron chi connectivity index (χ3n) is 4.43. The van der Waals surface area contributed by atoms with E-state index in [0.29, 0.717) is 24.0 Å². The summed E-state index contributed by atoms with van der Waals surface area (Å²) in [4.78, 5) is 14.6. The van der Waals surface area contributed by atoms with Crippen molar-refractivity contribution in [2.45, 2.75) is 64.0 Å². The number of hydrogen-bond donors (Lipinski definition) is 0. The molecule has 0 radical (unpaired) electrons. The first-order valence-electron chi connectivity index (χ1n) is 7.71. The fourth-order valence-electron chi connectivity index (χ4n) is 3.02. The molecule has 0 heterocycles. The second-order valence-electron chi connectivity index (χ2n) is 5.83. The first kappa shape index (κ1) is 15.3. The highest BCUT2D eigenvalue weighted by Gasteiger charge is 2.34. The number of ether oxygens (including phenoxy) is 1. The van der Waals surface area contributed by atoms with Gasteiger partial charge in [0.1, 0.15) is 0 Å². The monoisotopic (exact) mass is 331 g/mol. The highest BCUT2D eigenvalue weighted by molar-refractivity contribution is 9.09. The van der Waals surface area contributed by atoms with Gasteiger partial charge in [0.2, 0.25) is 5.91 Å². The Morgan fingerprint density at radius 3 is 2.63 bits per heavy atom. The molecule has 0 N–H and O–H groups in total. The summed E-state index contributed by atoms with van der Waals surface area (Å²) in [6, 6.07) is 0.536. The normalized spacial score (nSPS) is 26.6. The summed E-state index contributed by atoms with van der Waals surface area (Å²) in [7, 11) is 0. The second kappa shape index (κ2) is 7.63. The van der Waals surface area contributed by atoms with E-state index in [-0.39, 0.29) is 0 Å². The molecule has 2 aliphatic carbocycles. The van der Waals surface area contributed by atoms with E-state index in [4.69, 9.17) is 4.74 Å². The number of alkyl halides is 1. The standard InChI is InChI=1S/C15H26BrNO2/c1-2-19-14-9-12(10-14)11-15(18)17(8-4-7-16)13-5-3-6-13/h12-14H,2-11H2,1H3. The van der Waals surface area contributed by atoms with Gasteiger partial charge in [-0.1, -0.05) is 15.9 Å². The first-order chi connectivity index (χ1) is 9.24. The summed E-state index contributed by atoms with van der Waals surface area (Å²) in [6.07, 6.45) is 8.09. The van der Waals surface area contributed by atoms with Gasteiger partial charge in [-0.15, -0.1) is 0 Å². The number of carbonyl (C=O) groups excluding carboxylic acids is 1. The largest absolute Gasteiger partial charge is 0.378 e. The van der Waals surface area contributed by atoms with Gasteiger partial charge in [0.05, 0.1) is 6.10 Å². The van der Waals surface area contributed by atoms with Crippen LogP contribution >= 0.6 is 15.9 Å². The maximum atomic E-state index is 12.4. The molecule has 0 unspecified atom stereocenters. The topological polar surface area (TPSA) is 29.5 Å². The van der Waals surface area contributed by atoms with Gasteiger partial charge in [-0.05, 0) is 51.4 Å². The molecule has 0 aromatic carbocycles. The Morgan fingerprint density at radius 1 is 1.37 bits per heavy atom. The van der Waals surface area contributed by atoms with Crippen LogP contribution < -0.4 is 0 Å². The molecule has 0 bridgehead atoms. The summed E-state index contributed by atoms with van der Waals surface area (Å²) in [5.41, 5.74) is 0. The quantitative estimate of drug-likeness (QED) is 0.638. The summed E-state index contributed by atoms with van der Waals surface area (Å²) in [6.45, 7) is 3.76. The summed E-state index contributed by atoms with van der Waals surface area (Å²) in [5, 5.41) is 0.985. The maximum absolute atomic E-state index is 12.4. The minimum atomic E-state index is 0.380. The van der Waals surface area contributed by atoms with Crippen molar-refractivity contribution in [1.29, 1.82) is 0 Å². The highest BCUT2D eigenvalue weighted by Crippen LogP contribution is 2.34. The highest BCUT2D eigenvalue weighted by atomic mass is 79.9. The third-order valence-corrected chi connectivity index (χ3v) is 4.99. The Morgan fingerprint density at radius 2 is 2.11 bits per heavy atom. The number of halogens is 1. The number of amides is 1. The van der Waals surface area contributed by atoms with E-state index in [9.17, 15) is 4.79 Å². The molecule has 0 aromatic rings. The number of hydrogen-bond acceptors (Lipinski definition) is 2. The molecule has 2 fully saturated rings. The van der Waals surface area contributed by atoms with Crippen molar-refractivity contribution in [3.05, 3.63) is 0 Å². The van der Waals surface area contributed by atoms with E-state index < -0.39 is 0 Å². The fraction of sp³-hybridized carbons (Fsp3) is 0.933. The molecule has 0 aliphatic heterocycles. The van der Waals surface area contributed by atoms with Crippen LogP contribution in [0.1, 0.15) is 51.9 Å². The molecule has 2 rings (SSSR count). The third kappa shape index (κ3) is 4.19. The number of carbonyl (C=O) groups is 1. The van der Waals surface area contributed by atoms with Crippen LogP contribution in [0.3, 0.4) is 0 Å². The van der Waals surface area contributed by atoms with Gasteiger partial charge in [-0.2, -0.15) is 0 Å². The van der Waals surface area contributed by atoms with Crippen LogP contribution in [0.4, 0.5) is 0 Å². The summed E-state index contributed by atoms with van der Waals surface area (Å²) in [5.74, 6) is 0.946. The van der Waals surface area contributed by atoms with Crippen LogP contribution in [0.2, 0.25) is 0 Å². The number of nitrogens with zero attached hydrogens (tertiary/aromatic N) is 1. The lowest BCUT2D eigenvalue weighted by molar-refractivity contribution is -0.138. The van der Waals surface area contributed by atoms with E-state index in [2.05, 4.69) is 20.8 Å². The predicted molar refractivity (Wildman–Crippen MR) is 80.5 cm³/mol. The molecule has 0 spiro atoms. The zero-order chi connectivity index (χ0) is 13.7. The first-order valence-corrected chi connectivity index (χ1v) is 8.83. The predicted octanol–water partition coefficient (Wildman–Crippen LogP) is 3.36. The minimum absolute atomic E-state index is 0.380. The molecular formula is C15H26BrNO2. The Balaban J connectivity index is 1.73. The molecule has 2 saturated carbocycles. The maximum Gasteiger partial charge on any atom is 0.223 e. The lowest BCUT2D eigenvalue weighted by Gasteiger charge is -2.40. The van der Waals surface area contributed by atoms with E-state index >= 15 is 0 Å². The number of rotatable bonds is 8. The van der Waals surface area contributed by atoms with Crippen molar-refractivity contribution < 1.29 is 9.53 Å². The van der Waals surface area contributed by atoms with Crippen LogP contribution in [-0.2, 0) is 9.53 Å². The van der Waals surface area contributed by atoms with Gasteiger partial charge < -0.3 is 9.64 Å². The molecule has 2 aliphatic rings. The summed E-state index contributed by atoms with van der Waals surface area (Å²) < 4.78 is 5.56. The van der Waals surface area contributed by atoms with Crippen LogP contribution in [0.5, 0.6) is 0 Å². The van der Waals surface area contributed by atoms with Crippen molar-refractivity contribution in [3.63, 3.8) is 0 Å². The van der Waals surface area contributed by atoms with Gasteiger partial charge >= 0.3 is 0 Å². The average molecular weight is 332 g/mol. The van der Waals surface area contributed by atoms with Gasteiger partial charge in [-0.3, -0.25) is 4.79 Å². The molecule has 0 atom stereocenters. The van der Waals surface area contributed by atoms with E-state index in [1.807, 2.05) is 6.92 Å². The lowest BCUT2D eigenvalue weighted by atomic mass is 9.79. The summed E-state index contributed by atoms with van der Waals surface area (Å²) >= 11 is 3.46. The van der Waals surface area contributed by atoms with Gasteiger partial charge in [-0.25, -0.2) is 0 Å². The molecule has 110 valence electrons. The van der Waals surface area contributed by atoms with Crippen LogP contribution in [0.15, 0.2) is 0 Å². The fourth-order valence-corrected chi connectivity index (χ4v) is 3.27. The second-order valence-corrected chi connectivity index (χ2v) is 6.63. The van der Waals surface area contributed by atoms with Crippen molar-refractivity contribution >= 4 is 21.8 Å². The molecule has 4 heteroatoms. The average Bonchev–Trinajstić information content (AvgIpc) is 2.29. The molecule has 0 aromatic heterocycles. The Bertz CT molecular complexity index is 288. The zero-order valence-corrected chi connectivity index (χ0v) is 13.5. The Hall–Kier alpha value is -0.0900. The molecule has 1 amide bonds. The van der Waals surface area contributed by atoms with Crippen molar-refractivity contribution in [1.82, 2.24) is 4.90 Å². The van der Waals surface area contributed by atoms with Gasteiger partial charge in [0, 0.05) is 30.9 Å². The van der Waals surface area contributed by atoms with E-state index in [1.54, 1.807) is 0 Å². The molecular weight excluding hydrogens is 306 g/mol. The van der Waals surface area contributed by atoms with Crippen LogP contribution in [-0.4, -0.2) is 41.4 Å². The van der Waals surface area contributed by atoms with Gasteiger partial charge in [0.15, 0.2) is 0 Å². The van der Waals surface area contributed by atoms with Gasteiger partial charge in [0.25, 0.3) is 0 Å². The Kier molecular flexibility index (Phi) is 6.14. The molecule has 19 heavy (non-hydrogen) atoms. The lowest BCUT2D eigenvalue weighted by Crippen LogP contribution is -2.46.